The first kappa shape index (κ1) is 23.4. The van der Waals surface area contributed by atoms with Crippen molar-refractivity contribution in [1.29, 1.82) is 0 Å². The molecule has 2 aromatic rings. The van der Waals surface area contributed by atoms with Crippen LogP contribution in [-0.4, -0.2) is 50.3 Å². The van der Waals surface area contributed by atoms with Crippen LogP contribution in [0.1, 0.15) is 24.0 Å². The highest BCUT2D eigenvalue weighted by Crippen LogP contribution is 2.17. The van der Waals surface area contributed by atoms with Crippen molar-refractivity contribution in [3.8, 4) is 0 Å². The van der Waals surface area contributed by atoms with E-state index in [-0.39, 0.29) is 24.0 Å². The molecule has 1 aliphatic heterocycles. The van der Waals surface area contributed by atoms with Gasteiger partial charge in [-0.15, -0.1) is 24.0 Å². The minimum Gasteiger partial charge on any atom is -0.375 e. The maximum atomic E-state index is 5.72. The van der Waals surface area contributed by atoms with Gasteiger partial charge >= 0.3 is 0 Å². The van der Waals surface area contributed by atoms with Crippen LogP contribution in [0.25, 0.3) is 0 Å². The summed E-state index contributed by atoms with van der Waals surface area (Å²) < 4.78 is 5.72. The molecule has 0 unspecified atom stereocenters. The molecule has 1 aromatic carbocycles. The third kappa shape index (κ3) is 7.81. The standard InChI is InChI=1S/C22H31N5O.HI/c1-18-8-9-21(25-16-18)27-13-10-20(11-14-27)26-22(23-2)24-12-15-28-17-19-6-4-3-5-7-19;/h3-9,16,20H,10-15,17H2,1-2H3,(H2,23,24,26);1H. The van der Waals surface area contributed by atoms with Gasteiger partial charge < -0.3 is 20.3 Å². The first-order chi connectivity index (χ1) is 13.7. The SMILES string of the molecule is CN=C(NCCOCc1ccccc1)NC1CCN(c2ccc(C)cn2)CC1.I. The molecule has 0 spiro atoms. The molecule has 1 fully saturated rings. The van der Waals surface area contributed by atoms with E-state index in [4.69, 9.17) is 4.74 Å². The molecular weight excluding hydrogens is 477 g/mol. The van der Waals surface area contributed by atoms with Gasteiger partial charge in [-0.1, -0.05) is 36.4 Å². The van der Waals surface area contributed by atoms with Crippen LogP contribution >= 0.6 is 24.0 Å². The number of hydrogen-bond acceptors (Lipinski definition) is 4. The number of aryl methyl sites for hydroxylation is 1. The van der Waals surface area contributed by atoms with E-state index in [1.54, 1.807) is 0 Å². The number of benzene rings is 1. The zero-order valence-electron chi connectivity index (χ0n) is 17.3. The maximum Gasteiger partial charge on any atom is 0.191 e. The molecule has 0 saturated carbocycles. The van der Waals surface area contributed by atoms with Crippen LogP contribution in [0.3, 0.4) is 0 Å². The lowest BCUT2D eigenvalue weighted by Gasteiger charge is -2.33. The van der Waals surface area contributed by atoms with Crippen molar-refractivity contribution in [2.24, 2.45) is 4.99 Å². The zero-order valence-corrected chi connectivity index (χ0v) is 19.6. The third-order valence-corrected chi connectivity index (χ3v) is 4.93. The molecule has 2 N–H and O–H groups in total. The molecule has 0 bridgehead atoms. The first-order valence-electron chi connectivity index (χ1n) is 10.0. The number of anilines is 1. The van der Waals surface area contributed by atoms with Gasteiger partial charge in [0.2, 0.25) is 0 Å². The second-order valence-corrected chi connectivity index (χ2v) is 7.14. The average Bonchev–Trinajstić information content (AvgIpc) is 2.74. The number of aromatic nitrogens is 1. The fourth-order valence-electron chi connectivity index (χ4n) is 3.29. The van der Waals surface area contributed by atoms with E-state index in [9.17, 15) is 0 Å². The summed E-state index contributed by atoms with van der Waals surface area (Å²) >= 11 is 0. The largest absolute Gasteiger partial charge is 0.375 e. The van der Waals surface area contributed by atoms with Crippen molar-refractivity contribution in [3.63, 3.8) is 0 Å². The van der Waals surface area contributed by atoms with E-state index in [2.05, 4.69) is 56.7 Å². The summed E-state index contributed by atoms with van der Waals surface area (Å²) in [4.78, 5) is 11.2. The zero-order chi connectivity index (χ0) is 19.6. The molecule has 0 amide bonds. The van der Waals surface area contributed by atoms with Gasteiger partial charge in [0.15, 0.2) is 5.96 Å². The lowest BCUT2D eigenvalue weighted by Crippen LogP contribution is -2.49. The monoisotopic (exact) mass is 509 g/mol. The molecule has 1 aliphatic rings. The average molecular weight is 509 g/mol. The number of nitrogens with zero attached hydrogens (tertiary/aromatic N) is 3. The summed E-state index contributed by atoms with van der Waals surface area (Å²) in [5, 5.41) is 6.87. The van der Waals surface area contributed by atoms with E-state index >= 15 is 0 Å². The Morgan fingerprint density at radius 1 is 1.17 bits per heavy atom. The highest BCUT2D eigenvalue weighted by molar-refractivity contribution is 14.0. The fourth-order valence-corrected chi connectivity index (χ4v) is 3.29. The summed E-state index contributed by atoms with van der Waals surface area (Å²) in [6.45, 7) is 6.10. The number of halogens is 1. The van der Waals surface area contributed by atoms with Crippen LogP contribution in [0.5, 0.6) is 0 Å². The number of rotatable bonds is 7. The normalized spacial score (nSPS) is 15.0. The van der Waals surface area contributed by atoms with Crippen LogP contribution in [0.2, 0.25) is 0 Å². The van der Waals surface area contributed by atoms with E-state index in [1.807, 2.05) is 31.4 Å². The molecular formula is C22H32IN5O. The molecule has 6 nitrogen and oxygen atoms in total. The smallest absolute Gasteiger partial charge is 0.191 e. The van der Waals surface area contributed by atoms with Gasteiger partial charge in [0.25, 0.3) is 0 Å². The molecule has 0 atom stereocenters. The third-order valence-electron chi connectivity index (χ3n) is 4.93. The Labute approximate surface area is 191 Å². The predicted molar refractivity (Wildman–Crippen MR) is 130 cm³/mol. The summed E-state index contributed by atoms with van der Waals surface area (Å²) in [7, 11) is 1.81. The summed E-state index contributed by atoms with van der Waals surface area (Å²) in [5.74, 6) is 1.91. The summed E-state index contributed by atoms with van der Waals surface area (Å²) in [6, 6.07) is 14.9. The number of nitrogens with one attached hydrogen (secondary N) is 2. The Bertz CT molecular complexity index is 731. The number of guanidine groups is 1. The van der Waals surface area contributed by atoms with Crippen molar-refractivity contribution >= 4 is 35.8 Å². The van der Waals surface area contributed by atoms with Crippen LogP contribution in [0.4, 0.5) is 5.82 Å². The van der Waals surface area contributed by atoms with E-state index in [0.717, 1.165) is 44.3 Å². The van der Waals surface area contributed by atoms with Crippen molar-refractivity contribution in [3.05, 3.63) is 59.8 Å². The number of hydrogen-bond donors (Lipinski definition) is 2. The van der Waals surface area contributed by atoms with Crippen molar-refractivity contribution in [1.82, 2.24) is 15.6 Å². The summed E-state index contributed by atoms with van der Waals surface area (Å²) in [5.41, 5.74) is 2.39. The molecule has 3 rings (SSSR count). The molecule has 0 radical (unpaired) electrons. The fraction of sp³-hybridized carbons (Fsp3) is 0.455. The van der Waals surface area contributed by atoms with E-state index < -0.39 is 0 Å². The lowest BCUT2D eigenvalue weighted by molar-refractivity contribution is 0.125. The topological polar surface area (TPSA) is 61.8 Å². The summed E-state index contributed by atoms with van der Waals surface area (Å²) in [6.07, 6.45) is 4.08. The van der Waals surface area contributed by atoms with E-state index in [1.165, 1.54) is 11.1 Å². The van der Waals surface area contributed by atoms with Gasteiger partial charge in [0.05, 0.1) is 13.2 Å². The molecule has 29 heavy (non-hydrogen) atoms. The minimum absolute atomic E-state index is 0. The van der Waals surface area contributed by atoms with Crippen LogP contribution < -0.4 is 15.5 Å². The Balaban J connectivity index is 0.00000300. The number of ether oxygens (including phenoxy) is 1. The van der Waals surface area contributed by atoms with Gasteiger partial charge in [0, 0.05) is 38.9 Å². The van der Waals surface area contributed by atoms with E-state index in [0.29, 0.717) is 19.3 Å². The molecule has 1 aromatic heterocycles. The number of piperidine rings is 1. The highest BCUT2D eigenvalue weighted by Gasteiger charge is 2.20. The van der Waals surface area contributed by atoms with Gasteiger partial charge in [-0.3, -0.25) is 4.99 Å². The van der Waals surface area contributed by atoms with Crippen molar-refractivity contribution < 1.29 is 4.74 Å². The molecule has 0 aliphatic carbocycles. The van der Waals surface area contributed by atoms with Crippen molar-refractivity contribution in [2.45, 2.75) is 32.4 Å². The van der Waals surface area contributed by atoms with Gasteiger partial charge in [0.1, 0.15) is 5.82 Å². The molecule has 158 valence electrons. The second kappa shape index (κ2) is 12.6. The van der Waals surface area contributed by atoms with Gasteiger partial charge in [-0.2, -0.15) is 0 Å². The van der Waals surface area contributed by atoms with Crippen LogP contribution in [-0.2, 0) is 11.3 Å². The molecule has 7 heteroatoms. The Morgan fingerprint density at radius 2 is 1.93 bits per heavy atom. The highest BCUT2D eigenvalue weighted by atomic mass is 127. The number of pyridine rings is 1. The lowest BCUT2D eigenvalue weighted by atomic mass is 10.1. The Hall–Kier alpha value is -1.87. The Kier molecular flexibility index (Phi) is 10.2. The Morgan fingerprint density at radius 3 is 2.59 bits per heavy atom. The maximum absolute atomic E-state index is 5.72. The quantitative estimate of drug-likeness (QED) is 0.260. The van der Waals surface area contributed by atoms with Crippen LogP contribution in [0, 0.1) is 6.92 Å². The van der Waals surface area contributed by atoms with Crippen LogP contribution in [0.15, 0.2) is 53.7 Å². The van der Waals surface area contributed by atoms with Gasteiger partial charge in [-0.25, -0.2) is 4.98 Å². The van der Waals surface area contributed by atoms with Gasteiger partial charge in [-0.05, 0) is 37.0 Å². The number of aliphatic imine (C=N–C) groups is 1. The molecule has 2 heterocycles. The minimum atomic E-state index is 0. The second-order valence-electron chi connectivity index (χ2n) is 7.14. The molecule has 1 saturated heterocycles. The first-order valence-corrected chi connectivity index (χ1v) is 10.0. The predicted octanol–water partition coefficient (Wildman–Crippen LogP) is 3.36. The van der Waals surface area contributed by atoms with Crippen molar-refractivity contribution in [2.75, 3.05) is 38.2 Å².